The SMILES string of the molecule is CCCCCCCCCCCCOC(O)C(CO)O[C@H]1O[C@H](CO)[C@@H](O[C@H]2O[C@H](CO)[C@@H](O)[C@H](O)[C@H]2O)[C@H](O)[C@H]1O. The van der Waals surface area contributed by atoms with Gasteiger partial charge in [-0.25, -0.2) is 0 Å². The summed E-state index contributed by atoms with van der Waals surface area (Å²) in [6.45, 7) is 0.274. The maximum Gasteiger partial charge on any atom is 0.187 e. The molecular weight excluding hydrogens is 548 g/mol. The molecule has 2 heterocycles. The largest absolute Gasteiger partial charge is 0.394 e. The Bertz CT molecular complexity index is 670. The average molecular weight is 601 g/mol. The lowest BCUT2D eigenvalue weighted by Gasteiger charge is -2.46. The van der Waals surface area contributed by atoms with Crippen LogP contribution in [0, 0.1) is 0 Å². The molecule has 2 aliphatic heterocycles. The molecule has 0 aromatic carbocycles. The lowest BCUT2D eigenvalue weighted by atomic mass is 9.97. The minimum atomic E-state index is -1.80. The van der Waals surface area contributed by atoms with Crippen molar-refractivity contribution in [3.05, 3.63) is 0 Å². The number of hydrogen-bond donors (Lipinski definition) is 9. The van der Waals surface area contributed by atoms with Gasteiger partial charge < -0.3 is 69.6 Å². The van der Waals surface area contributed by atoms with Crippen molar-refractivity contribution < 1.29 is 69.6 Å². The maximum absolute atomic E-state index is 10.7. The number of unbranched alkanes of at least 4 members (excludes halogenated alkanes) is 9. The topological polar surface area (TPSA) is 228 Å². The van der Waals surface area contributed by atoms with Crippen LogP contribution in [0.25, 0.3) is 0 Å². The zero-order valence-corrected chi connectivity index (χ0v) is 23.9. The molecule has 0 saturated carbocycles. The maximum atomic E-state index is 10.7. The first-order valence-electron chi connectivity index (χ1n) is 14.8. The van der Waals surface area contributed by atoms with E-state index in [-0.39, 0.29) is 6.61 Å². The molecule has 0 spiro atoms. The number of aliphatic hydroxyl groups excluding tert-OH is 9. The van der Waals surface area contributed by atoms with Gasteiger partial charge in [-0.2, -0.15) is 0 Å². The fraction of sp³-hybridized carbons (Fsp3) is 1.00. The van der Waals surface area contributed by atoms with Crippen LogP contribution in [0.15, 0.2) is 0 Å². The minimum absolute atomic E-state index is 0.225. The van der Waals surface area contributed by atoms with Gasteiger partial charge >= 0.3 is 0 Å². The second-order valence-electron chi connectivity index (χ2n) is 10.8. The molecule has 2 aliphatic rings. The van der Waals surface area contributed by atoms with E-state index < -0.39 is 93.6 Å². The van der Waals surface area contributed by atoms with Crippen LogP contribution < -0.4 is 0 Å². The molecular formula is C27H52O14. The van der Waals surface area contributed by atoms with Crippen LogP contribution in [-0.4, -0.2) is 146 Å². The van der Waals surface area contributed by atoms with Gasteiger partial charge in [0, 0.05) is 6.61 Å². The highest BCUT2D eigenvalue weighted by atomic mass is 16.8. The molecule has 0 aromatic heterocycles. The van der Waals surface area contributed by atoms with E-state index in [2.05, 4.69) is 6.92 Å². The highest BCUT2D eigenvalue weighted by molar-refractivity contribution is 4.94. The van der Waals surface area contributed by atoms with Crippen LogP contribution in [0.4, 0.5) is 0 Å². The van der Waals surface area contributed by atoms with Gasteiger partial charge in [-0.05, 0) is 6.42 Å². The summed E-state index contributed by atoms with van der Waals surface area (Å²) < 4.78 is 27.2. The Morgan fingerprint density at radius 3 is 1.73 bits per heavy atom. The predicted octanol–water partition coefficient (Wildman–Crippen LogP) is -1.76. The summed E-state index contributed by atoms with van der Waals surface area (Å²) in [6, 6.07) is 0. The van der Waals surface area contributed by atoms with Crippen LogP contribution in [0.1, 0.15) is 71.1 Å². The summed E-state index contributed by atoms with van der Waals surface area (Å²) in [4.78, 5) is 0. The van der Waals surface area contributed by atoms with E-state index in [1.54, 1.807) is 0 Å². The molecule has 0 radical (unpaired) electrons. The molecule has 0 bridgehead atoms. The molecule has 14 nitrogen and oxygen atoms in total. The fourth-order valence-electron chi connectivity index (χ4n) is 4.94. The monoisotopic (exact) mass is 600 g/mol. The second kappa shape index (κ2) is 19.7. The molecule has 244 valence electrons. The Labute approximate surface area is 241 Å². The fourth-order valence-corrected chi connectivity index (χ4v) is 4.94. The van der Waals surface area contributed by atoms with Crippen molar-refractivity contribution in [3.8, 4) is 0 Å². The Morgan fingerprint density at radius 2 is 1.17 bits per heavy atom. The van der Waals surface area contributed by atoms with Gasteiger partial charge in [0.15, 0.2) is 18.9 Å². The highest BCUT2D eigenvalue weighted by Crippen LogP contribution is 2.30. The molecule has 41 heavy (non-hydrogen) atoms. The lowest BCUT2D eigenvalue weighted by molar-refractivity contribution is -0.369. The Kier molecular flexibility index (Phi) is 17.6. The Hall–Kier alpha value is -0.560. The van der Waals surface area contributed by atoms with Crippen molar-refractivity contribution in [1.29, 1.82) is 0 Å². The van der Waals surface area contributed by atoms with Crippen LogP contribution in [0.2, 0.25) is 0 Å². The van der Waals surface area contributed by atoms with Crippen LogP contribution in [0.5, 0.6) is 0 Å². The molecule has 12 atom stereocenters. The first-order chi connectivity index (χ1) is 19.7. The van der Waals surface area contributed by atoms with Crippen molar-refractivity contribution >= 4 is 0 Å². The van der Waals surface area contributed by atoms with Gasteiger partial charge in [0.2, 0.25) is 0 Å². The van der Waals surface area contributed by atoms with Gasteiger partial charge in [-0.1, -0.05) is 64.7 Å². The smallest absolute Gasteiger partial charge is 0.187 e. The Balaban J connectivity index is 1.80. The molecule has 2 unspecified atom stereocenters. The first kappa shape index (κ1) is 36.6. The predicted molar refractivity (Wildman–Crippen MR) is 142 cm³/mol. The standard InChI is InChI=1S/C27H52O14/c1-2-3-4-5-6-7-8-9-10-11-12-37-25(36)18(15-30)40-26-23(35)21(33)24(17(14-29)39-26)41-27-22(34)20(32)19(31)16(13-28)38-27/h16-36H,2-15H2,1H3/t16-,17-,18?,19-,20+,21-,22-,23-,24-,25?,26-,27-/m1/s1. The Morgan fingerprint density at radius 1 is 0.634 bits per heavy atom. The molecule has 0 aromatic rings. The van der Waals surface area contributed by atoms with E-state index in [0.29, 0.717) is 6.42 Å². The van der Waals surface area contributed by atoms with Crippen molar-refractivity contribution in [1.82, 2.24) is 0 Å². The van der Waals surface area contributed by atoms with E-state index in [1.165, 1.54) is 38.5 Å². The van der Waals surface area contributed by atoms with Crippen molar-refractivity contribution in [2.75, 3.05) is 26.4 Å². The summed E-state index contributed by atoms with van der Waals surface area (Å²) in [5.41, 5.74) is 0. The van der Waals surface area contributed by atoms with E-state index in [1.807, 2.05) is 0 Å². The van der Waals surface area contributed by atoms with Gasteiger partial charge in [0.25, 0.3) is 0 Å². The van der Waals surface area contributed by atoms with Gasteiger partial charge in [0.05, 0.1) is 19.8 Å². The molecule has 2 fully saturated rings. The van der Waals surface area contributed by atoms with Crippen molar-refractivity contribution in [2.45, 2.75) is 145 Å². The third-order valence-corrected chi connectivity index (χ3v) is 7.55. The van der Waals surface area contributed by atoms with Crippen molar-refractivity contribution in [3.63, 3.8) is 0 Å². The molecule has 14 heteroatoms. The highest BCUT2D eigenvalue weighted by Gasteiger charge is 2.51. The van der Waals surface area contributed by atoms with Gasteiger partial charge in [0.1, 0.15) is 54.9 Å². The molecule has 2 rings (SSSR count). The van der Waals surface area contributed by atoms with E-state index >= 15 is 0 Å². The zero-order chi connectivity index (χ0) is 30.4. The summed E-state index contributed by atoms with van der Waals surface area (Å²) in [7, 11) is 0. The van der Waals surface area contributed by atoms with Crippen LogP contribution >= 0.6 is 0 Å². The summed E-state index contributed by atoms with van der Waals surface area (Å²) in [5, 5.41) is 90.7. The quantitative estimate of drug-likeness (QED) is 0.0557. The van der Waals surface area contributed by atoms with Gasteiger partial charge in [-0.3, -0.25) is 0 Å². The molecule has 9 N–H and O–H groups in total. The number of hydrogen-bond acceptors (Lipinski definition) is 14. The van der Waals surface area contributed by atoms with Crippen molar-refractivity contribution in [2.24, 2.45) is 0 Å². The number of aliphatic hydroxyl groups is 9. The molecule has 2 saturated heterocycles. The second-order valence-corrected chi connectivity index (χ2v) is 10.8. The third kappa shape index (κ3) is 11.1. The number of rotatable bonds is 20. The zero-order valence-electron chi connectivity index (χ0n) is 23.9. The van der Waals surface area contributed by atoms with E-state index in [0.717, 1.165) is 19.3 Å². The average Bonchev–Trinajstić information content (AvgIpc) is 2.97. The lowest BCUT2D eigenvalue weighted by Crippen LogP contribution is -2.65. The van der Waals surface area contributed by atoms with E-state index in [9.17, 15) is 46.0 Å². The molecule has 0 aliphatic carbocycles. The first-order valence-corrected chi connectivity index (χ1v) is 14.8. The minimum Gasteiger partial charge on any atom is -0.394 e. The summed E-state index contributed by atoms with van der Waals surface area (Å²) in [5.74, 6) is 0. The normalized spacial score (nSPS) is 35.9. The van der Waals surface area contributed by atoms with Crippen LogP contribution in [-0.2, 0) is 23.7 Å². The van der Waals surface area contributed by atoms with E-state index in [4.69, 9.17) is 23.7 Å². The van der Waals surface area contributed by atoms with Crippen LogP contribution in [0.3, 0.4) is 0 Å². The van der Waals surface area contributed by atoms with Gasteiger partial charge in [-0.15, -0.1) is 0 Å². The third-order valence-electron chi connectivity index (χ3n) is 7.55. The molecule has 0 amide bonds. The number of ether oxygens (including phenoxy) is 5. The summed E-state index contributed by atoms with van der Waals surface area (Å²) >= 11 is 0. The summed E-state index contributed by atoms with van der Waals surface area (Å²) in [6.07, 6.45) is -7.65.